The fourth-order valence-corrected chi connectivity index (χ4v) is 2.99. The number of aromatic nitrogens is 1. The van der Waals surface area contributed by atoms with E-state index in [1.54, 1.807) is 0 Å². The van der Waals surface area contributed by atoms with Crippen LogP contribution in [0, 0.1) is 0 Å². The van der Waals surface area contributed by atoms with E-state index in [0.717, 1.165) is 43.1 Å². The lowest BCUT2D eigenvalue weighted by atomic mass is 10.1. The molecule has 0 radical (unpaired) electrons. The number of nitrogens with one attached hydrogen (secondary N) is 1. The number of rotatable bonds is 2. The fourth-order valence-electron chi connectivity index (χ4n) is 2.99. The Morgan fingerprint density at radius 1 is 1.30 bits per heavy atom. The average Bonchev–Trinajstić information content (AvgIpc) is 2.81. The first kappa shape index (κ1) is 13.2. The van der Waals surface area contributed by atoms with E-state index >= 15 is 0 Å². The van der Waals surface area contributed by atoms with Gasteiger partial charge in [0.2, 0.25) is 0 Å². The van der Waals surface area contributed by atoms with Gasteiger partial charge < -0.3 is 15.0 Å². The van der Waals surface area contributed by atoms with Crippen molar-refractivity contribution in [1.29, 1.82) is 0 Å². The highest BCUT2D eigenvalue weighted by Gasteiger charge is 2.25. The van der Waals surface area contributed by atoms with Gasteiger partial charge in [-0.25, -0.2) is 0 Å². The summed E-state index contributed by atoms with van der Waals surface area (Å²) in [5.74, 6) is 0.0362. The molecule has 1 aliphatic heterocycles. The molecule has 1 aromatic carbocycles. The summed E-state index contributed by atoms with van der Waals surface area (Å²) in [6.07, 6.45) is 6.02. The van der Waals surface area contributed by atoms with Crippen LogP contribution in [0.1, 0.15) is 36.0 Å². The van der Waals surface area contributed by atoms with Crippen molar-refractivity contribution in [3.05, 3.63) is 36.0 Å². The van der Waals surface area contributed by atoms with Gasteiger partial charge in [-0.1, -0.05) is 12.8 Å². The molecule has 2 N–H and O–H groups in total. The van der Waals surface area contributed by atoms with E-state index in [2.05, 4.69) is 4.98 Å². The molecule has 0 aliphatic carbocycles. The summed E-state index contributed by atoms with van der Waals surface area (Å²) in [5.41, 5.74) is 1.74. The number of aromatic amines is 1. The third kappa shape index (κ3) is 2.43. The molecule has 1 saturated heterocycles. The highest BCUT2D eigenvalue weighted by atomic mass is 16.3. The molecule has 2 aromatic rings. The summed E-state index contributed by atoms with van der Waals surface area (Å²) in [4.78, 5) is 17.7. The number of hydrogen-bond acceptors (Lipinski definition) is 2. The summed E-state index contributed by atoms with van der Waals surface area (Å²) in [5, 5.41) is 10.6. The van der Waals surface area contributed by atoms with Crippen molar-refractivity contribution in [3.8, 4) is 0 Å². The predicted molar refractivity (Wildman–Crippen MR) is 78.7 cm³/mol. The first-order chi connectivity index (χ1) is 9.79. The molecule has 0 spiro atoms. The lowest BCUT2D eigenvalue weighted by molar-refractivity contribution is 0.0600. The molecular weight excluding hydrogens is 252 g/mol. The van der Waals surface area contributed by atoms with E-state index in [9.17, 15) is 9.90 Å². The maximum Gasteiger partial charge on any atom is 0.254 e. The number of aliphatic hydroxyl groups is 1. The molecule has 3 rings (SSSR count). The molecule has 1 amide bonds. The van der Waals surface area contributed by atoms with Crippen LogP contribution in [0.25, 0.3) is 10.9 Å². The van der Waals surface area contributed by atoms with E-state index in [-0.39, 0.29) is 18.6 Å². The minimum absolute atomic E-state index is 0.0353. The van der Waals surface area contributed by atoms with Crippen LogP contribution in [0.5, 0.6) is 0 Å². The van der Waals surface area contributed by atoms with Crippen molar-refractivity contribution in [2.24, 2.45) is 0 Å². The van der Waals surface area contributed by atoms with Crippen LogP contribution in [0.15, 0.2) is 30.5 Å². The van der Waals surface area contributed by atoms with Gasteiger partial charge in [0.05, 0.1) is 12.6 Å². The molecule has 1 aromatic heterocycles. The van der Waals surface area contributed by atoms with Gasteiger partial charge in [0, 0.05) is 29.2 Å². The van der Waals surface area contributed by atoms with Crippen LogP contribution in [0.3, 0.4) is 0 Å². The van der Waals surface area contributed by atoms with Crippen molar-refractivity contribution in [1.82, 2.24) is 9.88 Å². The Hall–Kier alpha value is -1.81. The molecule has 4 nitrogen and oxygen atoms in total. The molecule has 20 heavy (non-hydrogen) atoms. The Balaban J connectivity index is 1.88. The molecule has 1 atom stereocenters. The second-order valence-corrected chi connectivity index (χ2v) is 5.46. The van der Waals surface area contributed by atoms with Gasteiger partial charge in [0.15, 0.2) is 0 Å². The Bertz CT molecular complexity index is 605. The van der Waals surface area contributed by atoms with Gasteiger partial charge >= 0.3 is 0 Å². The largest absolute Gasteiger partial charge is 0.394 e. The average molecular weight is 272 g/mol. The van der Waals surface area contributed by atoms with Crippen molar-refractivity contribution in [3.63, 3.8) is 0 Å². The van der Waals surface area contributed by atoms with Crippen molar-refractivity contribution < 1.29 is 9.90 Å². The molecule has 2 heterocycles. The standard InChI is InChI=1S/C16H20N2O2/c19-11-14-4-2-1-3-9-18(14)16(20)13-5-6-15-12(10-13)7-8-17-15/h5-8,10,14,17,19H,1-4,9,11H2. The second kappa shape index (κ2) is 5.67. The number of carbonyl (C=O) groups excluding carboxylic acids is 1. The Morgan fingerprint density at radius 2 is 2.20 bits per heavy atom. The quantitative estimate of drug-likeness (QED) is 0.882. The maximum atomic E-state index is 12.7. The molecule has 1 aliphatic rings. The molecule has 4 heteroatoms. The number of nitrogens with zero attached hydrogens (tertiary/aromatic N) is 1. The smallest absolute Gasteiger partial charge is 0.254 e. The van der Waals surface area contributed by atoms with Crippen LogP contribution in [-0.2, 0) is 0 Å². The number of likely N-dealkylation sites (tertiary alicyclic amines) is 1. The first-order valence-corrected chi connectivity index (χ1v) is 7.28. The van der Waals surface area contributed by atoms with E-state index in [0.29, 0.717) is 5.56 Å². The van der Waals surface area contributed by atoms with Crippen molar-refractivity contribution >= 4 is 16.8 Å². The van der Waals surface area contributed by atoms with E-state index in [1.165, 1.54) is 0 Å². The van der Waals surface area contributed by atoms with Gasteiger partial charge in [0.1, 0.15) is 0 Å². The van der Waals surface area contributed by atoms with Gasteiger partial charge in [0.25, 0.3) is 5.91 Å². The van der Waals surface area contributed by atoms with Gasteiger partial charge in [-0.05, 0) is 37.1 Å². The normalized spacial score (nSPS) is 20.1. The highest BCUT2D eigenvalue weighted by Crippen LogP contribution is 2.21. The van der Waals surface area contributed by atoms with Crippen LogP contribution in [0.2, 0.25) is 0 Å². The number of H-pyrrole nitrogens is 1. The summed E-state index contributed by atoms with van der Waals surface area (Å²) >= 11 is 0. The Labute approximate surface area is 118 Å². The lowest BCUT2D eigenvalue weighted by Crippen LogP contribution is -2.42. The molecular formula is C16H20N2O2. The van der Waals surface area contributed by atoms with Gasteiger partial charge in [-0.2, -0.15) is 0 Å². The van der Waals surface area contributed by atoms with Crippen LogP contribution in [0.4, 0.5) is 0 Å². The summed E-state index contributed by atoms with van der Waals surface area (Å²) < 4.78 is 0. The van der Waals surface area contributed by atoms with Gasteiger partial charge in [-0.15, -0.1) is 0 Å². The highest BCUT2D eigenvalue weighted by molar-refractivity contribution is 5.98. The summed E-state index contributed by atoms with van der Waals surface area (Å²) in [6, 6.07) is 7.66. The first-order valence-electron chi connectivity index (χ1n) is 7.28. The van der Waals surface area contributed by atoms with Crippen LogP contribution < -0.4 is 0 Å². The minimum Gasteiger partial charge on any atom is -0.394 e. The number of carbonyl (C=O) groups is 1. The van der Waals surface area contributed by atoms with E-state index < -0.39 is 0 Å². The fraction of sp³-hybridized carbons (Fsp3) is 0.438. The zero-order valence-electron chi connectivity index (χ0n) is 11.5. The number of hydrogen-bond donors (Lipinski definition) is 2. The Morgan fingerprint density at radius 3 is 3.05 bits per heavy atom. The lowest BCUT2D eigenvalue weighted by Gasteiger charge is -2.28. The summed E-state index contributed by atoms with van der Waals surface area (Å²) in [7, 11) is 0. The number of fused-ring (bicyclic) bond motifs is 1. The summed E-state index contributed by atoms with van der Waals surface area (Å²) in [6.45, 7) is 0.799. The van der Waals surface area contributed by atoms with Gasteiger partial charge in [-0.3, -0.25) is 4.79 Å². The maximum absolute atomic E-state index is 12.7. The zero-order chi connectivity index (χ0) is 13.9. The Kier molecular flexibility index (Phi) is 3.74. The molecule has 1 unspecified atom stereocenters. The zero-order valence-corrected chi connectivity index (χ0v) is 11.5. The SMILES string of the molecule is O=C(c1ccc2[nH]ccc2c1)N1CCCCCC1CO. The minimum atomic E-state index is -0.0353. The number of benzene rings is 1. The second-order valence-electron chi connectivity index (χ2n) is 5.46. The predicted octanol–water partition coefficient (Wildman–Crippen LogP) is 2.55. The number of aliphatic hydroxyl groups excluding tert-OH is 1. The van der Waals surface area contributed by atoms with Crippen molar-refractivity contribution in [2.45, 2.75) is 31.7 Å². The third-order valence-electron chi connectivity index (χ3n) is 4.15. The molecule has 0 saturated carbocycles. The monoisotopic (exact) mass is 272 g/mol. The van der Waals surface area contributed by atoms with Crippen LogP contribution in [-0.4, -0.2) is 40.1 Å². The topological polar surface area (TPSA) is 56.3 Å². The molecule has 0 bridgehead atoms. The van der Waals surface area contributed by atoms with E-state index in [4.69, 9.17) is 0 Å². The molecule has 106 valence electrons. The number of amides is 1. The third-order valence-corrected chi connectivity index (χ3v) is 4.15. The molecule has 1 fully saturated rings. The van der Waals surface area contributed by atoms with Crippen LogP contribution >= 0.6 is 0 Å². The van der Waals surface area contributed by atoms with Crippen molar-refractivity contribution in [2.75, 3.05) is 13.2 Å². The van der Waals surface area contributed by atoms with E-state index in [1.807, 2.05) is 35.4 Å².